The van der Waals surface area contributed by atoms with E-state index >= 15 is 0 Å². The third-order valence-electron chi connectivity index (χ3n) is 8.65. The Morgan fingerprint density at radius 2 is 1.76 bits per heavy atom. The molecule has 178 valence electrons. The summed E-state index contributed by atoms with van der Waals surface area (Å²) in [6.07, 6.45) is 12.8. The quantitative estimate of drug-likeness (QED) is 0.524. The summed E-state index contributed by atoms with van der Waals surface area (Å²) >= 11 is 0. The number of fused-ring (bicyclic) bond motifs is 1. The highest BCUT2D eigenvalue weighted by molar-refractivity contribution is 5.36. The van der Waals surface area contributed by atoms with Crippen molar-refractivity contribution in [2.24, 2.45) is 0 Å². The third-order valence-corrected chi connectivity index (χ3v) is 8.65. The second-order valence-electron chi connectivity index (χ2n) is 10.7. The van der Waals surface area contributed by atoms with Gasteiger partial charge in [-0.25, -0.2) is 0 Å². The van der Waals surface area contributed by atoms with E-state index in [0.29, 0.717) is 11.8 Å². The van der Waals surface area contributed by atoms with Gasteiger partial charge in [0.1, 0.15) is 0 Å². The molecule has 1 spiro atoms. The summed E-state index contributed by atoms with van der Waals surface area (Å²) in [6, 6.07) is 15.5. The van der Waals surface area contributed by atoms with E-state index in [-0.39, 0.29) is 11.0 Å². The van der Waals surface area contributed by atoms with Crippen LogP contribution < -0.4 is 5.32 Å². The van der Waals surface area contributed by atoms with Gasteiger partial charge >= 0.3 is 0 Å². The molecule has 4 nitrogen and oxygen atoms in total. The van der Waals surface area contributed by atoms with E-state index in [0.717, 1.165) is 45.6 Å². The predicted octanol–water partition coefficient (Wildman–Crippen LogP) is 5.73. The molecule has 0 bridgehead atoms. The summed E-state index contributed by atoms with van der Waals surface area (Å²) in [5.41, 5.74) is 4.51. The average Bonchev–Trinajstić information content (AvgIpc) is 3.30. The lowest BCUT2D eigenvalue weighted by atomic mass is 9.68. The van der Waals surface area contributed by atoms with E-state index in [1.165, 1.54) is 55.3 Å². The first-order chi connectivity index (χ1) is 16.2. The molecular formula is C29H40N2O2. The highest BCUT2D eigenvalue weighted by atomic mass is 16.5. The van der Waals surface area contributed by atoms with Crippen molar-refractivity contribution in [3.63, 3.8) is 0 Å². The lowest BCUT2D eigenvalue weighted by Crippen LogP contribution is -2.47. The third kappa shape index (κ3) is 4.89. The van der Waals surface area contributed by atoms with Gasteiger partial charge in [0, 0.05) is 43.5 Å². The van der Waals surface area contributed by atoms with Gasteiger partial charge in [0.2, 0.25) is 0 Å². The Balaban J connectivity index is 1.25. The fraction of sp³-hybridized carbons (Fsp3) is 0.621. The molecule has 0 amide bonds. The van der Waals surface area contributed by atoms with Crippen molar-refractivity contribution in [3.8, 4) is 0 Å². The first kappa shape index (κ1) is 23.0. The van der Waals surface area contributed by atoms with Crippen LogP contribution in [0.15, 0.2) is 48.7 Å². The Labute approximate surface area is 199 Å². The van der Waals surface area contributed by atoms with Gasteiger partial charge in [-0.2, -0.15) is 0 Å². The molecule has 0 unspecified atom stereocenters. The Hall–Kier alpha value is -1.75. The molecule has 4 heteroatoms. The van der Waals surface area contributed by atoms with E-state index in [2.05, 4.69) is 41.7 Å². The summed E-state index contributed by atoms with van der Waals surface area (Å²) < 4.78 is 11.9. The number of methoxy groups -OCH3 is 1. The molecule has 3 atom stereocenters. The van der Waals surface area contributed by atoms with Crippen LogP contribution in [0.5, 0.6) is 0 Å². The van der Waals surface area contributed by atoms with E-state index in [1.807, 2.05) is 19.4 Å². The zero-order chi connectivity index (χ0) is 22.6. The van der Waals surface area contributed by atoms with Crippen LogP contribution in [0.25, 0.3) is 0 Å². The number of rotatable bonds is 8. The number of benzene rings is 1. The number of hydrogen-bond acceptors (Lipinski definition) is 4. The second kappa shape index (κ2) is 10.2. The Morgan fingerprint density at radius 3 is 2.52 bits per heavy atom. The molecule has 1 aromatic heterocycles. The summed E-state index contributed by atoms with van der Waals surface area (Å²) in [5, 5.41) is 3.86. The largest absolute Gasteiger partial charge is 0.384 e. The molecule has 2 fully saturated rings. The van der Waals surface area contributed by atoms with Crippen LogP contribution in [-0.2, 0) is 14.9 Å². The summed E-state index contributed by atoms with van der Waals surface area (Å²) in [6.45, 7) is 3.78. The molecule has 3 aliphatic rings. The second-order valence-corrected chi connectivity index (χ2v) is 10.7. The maximum atomic E-state index is 6.42. The van der Waals surface area contributed by atoms with Gasteiger partial charge in [0.05, 0.1) is 12.2 Å². The molecule has 1 aromatic carbocycles. The predicted molar refractivity (Wildman–Crippen MR) is 133 cm³/mol. The standard InChI is InChI=1S/C29H40N2O2/c1-32-21-24-12-11-23(25-8-2-3-9-26(24)25)20-30-18-15-28(27-10-4-7-17-31-27)16-19-33-29(22-28)13-5-6-14-29/h2-4,7-10,17,23-24,30H,5-6,11-16,18-22H2,1H3/t23-,24-,28-/m1/s1. The SMILES string of the molecule is COC[C@H]1CC[C@H](CNCC[C@@]2(c3ccccn3)CCOC3(CCCC3)C2)c2ccccc21. The van der Waals surface area contributed by atoms with Crippen LogP contribution in [0.4, 0.5) is 0 Å². The minimum Gasteiger partial charge on any atom is -0.384 e. The highest BCUT2D eigenvalue weighted by Crippen LogP contribution is 2.49. The molecule has 0 radical (unpaired) electrons. The van der Waals surface area contributed by atoms with Crippen LogP contribution in [0, 0.1) is 0 Å². The van der Waals surface area contributed by atoms with Gasteiger partial charge in [-0.3, -0.25) is 4.98 Å². The number of hydrogen-bond donors (Lipinski definition) is 1. The van der Waals surface area contributed by atoms with E-state index in [4.69, 9.17) is 14.5 Å². The highest BCUT2D eigenvalue weighted by Gasteiger charge is 2.48. The molecule has 2 aromatic rings. The van der Waals surface area contributed by atoms with Gasteiger partial charge in [0.25, 0.3) is 0 Å². The van der Waals surface area contributed by atoms with Crippen molar-refractivity contribution >= 4 is 0 Å². The molecule has 1 saturated carbocycles. The van der Waals surface area contributed by atoms with Crippen LogP contribution in [0.3, 0.4) is 0 Å². The summed E-state index contributed by atoms with van der Waals surface area (Å²) in [7, 11) is 1.82. The maximum absolute atomic E-state index is 6.42. The Bertz CT molecular complexity index is 896. The zero-order valence-corrected chi connectivity index (χ0v) is 20.2. The van der Waals surface area contributed by atoms with Crippen LogP contribution in [0.2, 0.25) is 0 Å². The first-order valence-corrected chi connectivity index (χ1v) is 13.1. The van der Waals surface area contributed by atoms with Gasteiger partial charge < -0.3 is 14.8 Å². The fourth-order valence-corrected chi connectivity index (χ4v) is 6.95. The van der Waals surface area contributed by atoms with E-state index < -0.39 is 0 Å². The molecule has 1 aliphatic heterocycles. The van der Waals surface area contributed by atoms with Crippen molar-refractivity contribution in [2.45, 2.75) is 80.6 Å². The monoisotopic (exact) mass is 448 g/mol. The van der Waals surface area contributed by atoms with Gasteiger partial charge in [-0.15, -0.1) is 0 Å². The number of pyridine rings is 1. The smallest absolute Gasteiger partial charge is 0.0691 e. The lowest BCUT2D eigenvalue weighted by molar-refractivity contribution is -0.104. The molecule has 1 saturated heterocycles. The number of nitrogens with one attached hydrogen (secondary N) is 1. The zero-order valence-electron chi connectivity index (χ0n) is 20.2. The van der Waals surface area contributed by atoms with Crippen molar-refractivity contribution in [1.29, 1.82) is 0 Å². The number of nitrogens with zero attached hydrogens (tertiary/aromatic N) is 1. The van der Waals surface area contributed by atoms with Crippen molar-refractivity contribution in [2.75, 3.05) is 33.4 Å². The lowest BCUT2D eigenvalue weighted by Gasteiger charge is -2.46. The molecule has 33 heavy (non-hydrogen) atoms. The number of aromatic nitrogens is 1. The van der Waals surface area contributed by atoms with Gasteiger partial charge in [-0.05, 0) is 80.7 Å². The van der Waals surface area contributed by atoms with Crippen molar-refractivity contribution < 1.29 is 9.47 Å². The van der Waals surface area contributed by atoms with Crippen molar-refractivity contribution in [3.05, 3.63) is 65.5 Å². The van der Waals surface area contributed by atoms with E-state index in [9.17, 15) is 0 Å². The average molecular weight is 449 g/mol. The molecule has 1 N–H and O–H groups in total. The van der Waals surface area contributed by atoms with Gasteiger partial charge in [-0.1, -0.05) is 43.2 Å². The fourth-order valence-electron chi connectivity index (χ4n) is 6.95. The molecular weight excluding hydrogens is 408 g/mol. The number of ether oxygens (including phenoxy) is 2. The summed E-state index contributed by atoms with van der Waals surface area (Å²) in [4.78, 5) is 4.86. The van der Waals surface area contributed by atoms with E-state index in [1.54, 1.807) is 0 Å². The molecule has 2 heterocycles. The summed E-state index contributed by atoms with van der Waals surface area (Å²) in [5.74, 6) is 1.13. The Kier molecular flexibility index (Phi) is 7.15. The molecule has 2 aliphatic carbocycles. The minimum atomic E-state index is 0.0917. The Morgan fingerprint density at radius 1 is 1.00 bits per heavy atom. The topological polar surface area (TPSA) is 43.4 Å². The molecule has 5 rings (SSSR count). The van der Waals surface area contributed by atoms with Crippen LogP contribution in [0.1, 0.15) is 86.4 Å². The van der Waals surface area contributed by atoms with Gasteiger partial charge in [0.15, 0.2) is 0 Å². The first-order valence-electron chi connectivity index (χ1n) is 13.1. The minimum absolute atomic E-state index is 0.0917. The normalized spacial score (nSPS) is 28.6. The van der Waals surface area contributed by atoms with Crippen LogP contribution in [-0.4, -0.2) is 44.0 Å². The van der Waals surface area contributed by atoms with Crippen molar-refractivity contribution in [1.82, 2.24) is 10.3 Å². The maximum Gasteiger partial charge on any atom is 0.0691 e. The van der Waals surface area contributed by atoms with Crippen LogP contribution >= 0.6 is 0 Å².